The first-order valence-corrected chi connectivity index (χ1v) is 7.35. The van der Waals surface area contributed by atoms with Gasteiger partial charge in [0.05, 0.1) is 6.54 Å². The lowest BCUT2D eigenvalue weighted by atomic mass is 9.84. The molecule has 1 aliphatic rings. The van der Waals surface area contributed by atoms with Crippen molar-refractivity contribution < 1.29 is 9.59 Å². The predicted molar refractivity (Wildman–Crippen MR) is 75.0 cm³/mol. The maximum Gasteiger partial charge on any atom is 0.325 e. The largest absolute Gasteiger partial charge is 0.325 e. The van der Waals surface area contributed by atoms with E-state index in [0.717, 1.165) is 6.42 Å². The van der Waals surface area contributed by atoms with Gasteiger partial charge in [-0.05, 0) is 29.2 Å². The van der Waals surface area contributed by atoms with Crippen molar-refractivity contribution in [3.8, 4) is 0 Å². The minimum absolute atomic E-state index is 0.0237. The second-order valence-electron chi connectivity index (χ2n) is 5.62. The third-order valence-electron chi connectivity index (χ3n) is 4.09. The molecular weight excluding hydrogens is 272 g/mol. The molecule has 1 N–H and O–H groups in total. The molecule has 1 saturated heterocycles. The molecule has 1 aromatic rings. The summed E-state index contributed by atoms with van der Waals surface area (Å²) in [5, 5.41) is 14.2. The van der Waals surface area contributed by atoms with Crippen molar-refractivity contribution in [3.05, 3.63) is 5.82 Å². The van der Waals surface area contributed by atoms with Gasteiger partial charge in [0, 0.05) is 6.54 Å². The maximum atomic E-state index is 12.7. The average Bonchev–Trinajstić information content (AvgIpc) is 2.97. The summed E-state index contributed by atoms with van der Waals surface area (Å²) < 4.78 is 1.63. The molecule has 21 heavy (non-hydrogen) atoms. The van der Waals surface area contributed by atoms with E-state index in [2.05, 4.69) is 20.8 Å². The number of nitrogens with one attached hydrogen (secondary N) is 1. The van der Waals surface area contributed by atoms with E-state index >= 15 is 0 Å². The SMILES string of the molecule is CCCn1nnnc1CN1C(=O)NC(CC)(C(C)C)C1=O. The van der Waals surface area contributed by atoms with Gasteiger partial charge in [-0.3, -0.25) is 9.69 Å². The van der Waals surface area contributed by atoms with Crippen molar-refractivity contribution in [3.63, 3.8) is 0 Å². The first-order valence-electron chi connectivity index (χ1n) is 7.35. The Hall–Kier alpha value is -1.99. The summed E-state index contributed by atoms with van der Waals surface area (Å²) in [5.41, 5.74) is -0.819. The topological polar surface area (TPSA) is 93.0 Å². The molecule has 1 atom stereocenters. The highest BCUT2D eigenvalue weighted by Gasteiger charge is 2.52. The summed E-state index contributed by atoms with van der Waals surface area (Å²) >= 11 is 0. The number of carbonyl (C=O) groups is 2. The van der Waals surface area contributed by atoms with Gasteiger partial charge in [-0.2, -0.15) is 0 Å². The quantitative estimate of drug-likeness (QED) is 0.788. The molecule has 1 aromatic heterocycles. The minimum Gasteiger partial charge on any atom is -0.323 e. The standard InChI is InChI=1S/C13H22N6O2/c1-5-7-19-10(15-16-17-19)8-18-11(20)13(6-2,9(3)4)14-12(18)21/h9H,5-8H2,1-4H3,(H,14,21). The van der Waals surface area contributed by atoms with Crippen molar-refractivity contribution in [1.29, 1.82) is 0 Å². The fourth-order valence-corrected chi connectivity index (χ4v) is 2.69. The van der Waals surface area contributed by atoms with Crippen LogP contribution in [0.5, 0.6) is 0 Å². The summed E-state index contributed by atoms with van der Waals surface area (Å²) in [5.74, 6) is 0.350. The number of hydrogen-bond donors (Lipinski definition) is 1. The fraction of sp³-hybridized carbons (Fsp3) is 0.769. The van der Waals surface area contributed by atoms with Gasteiger partial charge in [0.2, 0.25) is 0 Å². The highest BCUT2D eigenvalue weighted by atomic mass is 16.2. The van der Waals surface area contributed by atoms with Crippen molar-refractivity contribution in [1.82, 2.24) is 30.4 Å². The van der Waals surface area contributed by atoms with Gasteiger partial charge in [-0.1, -0.05) is 27.7 Å². The number of aryl methyl sites for hydroxylation is 1. The Kier molecular flexibility index (Phi) is 4.24. The van der Waals surface area contributed by atoms with Crippen molar-refractivity contribution in [2.75, 3.05) is 0 Å². The molecule has 2 rings (SSSR count). The second-order valence-corrected chi connectivity index (χ2v) is 5.62. The third-order valence-corrected chi connectivity index (χ3v) is 4.09. The zero-order valence-electron chi connectivity index (χ0n) is 13.0. The van der Waals surface area contributed by atoms with Crippen LogP contribution in [0.3, 0.4) is 0 Å². The van der Waals surface area contributed by atoms with Crippen molar-refractivity contribution in [2.45, 2.75) is 59.2 Å². The van der Waals surface area contributed by atoms with E-state index in [9.17, 15) is 9.59 Å². The van der Waals surface area contributed by atoms with Crippen LogP contribution in [0, 0.1) is 5.92 Å². The van der Waals surface area contributed by atoms with Crippen LogP contribution >= 0.6 is 0 Å². The molecule has 0 aromatic carbocycles. The van der Waals surface area contributed by atoms with Gasteiger partial charge in [-0.15, -0.1) is 5.10 Å². The van der Waals surface area contributed by atoms with Crippen LogP contribution in [0.25, 0.3) is 0 Å². The average molecular weight is 294 g/mol. The van der Waals surface area contributed by atoms with Crippen LogP contribution in [0.4, 0.5) is 4.79 Å². The van der Waals surface area contributed by atoms with E-state index in [1.807, 2.05) is 27.7 Å². The van der Waals surface area contributed by atoms with Gasteiger partial charge in [0.1, 0.15) is 5.54 Å². The van der Waals surface area contributed by atoms with Gasteiger partial charge in [0.15, 0.2) is 5.82 Å². The molecule has 1 aliphatic heterocycles. The monoisotopic (exact) mass is 294 g/mol. The summed E-state index contributed by atoms with van der Waals surface area (Å²) in [6.07, 6.45) is 1.44. The molecule has 0 bridgehead atoms. The first kappa shape index (κ1) is 15.4. The Balaban J connectivity index is 2.23. The van der Waals surface area contributed by atoms with Crippen LogP contribution in [0.2, 0.25) is 0 Å². The Labute approximate surface area is 123 Å². The minimum atomic E-state index is -0.819. The Morgan fingerprint density at radius 1 is 1.29 bits per heavy atom. The van der Waals surface area contributed by atoms with Gasteiger partial charge >= 0.3 is 6.03 Å². The number of rotatable bonds is 6. The number of carbonyl (C=O) groups excluding carboxylic acids is 2. The van der Waals surface area contributed by atoms with Crippen LogP contribution in [-0.2, 0) is 17.9 Å². The Morgan fingerprint density at radius 3 is 2.52 bits per heavy atom. The number of nitrogens with zero attached hydrogens (tertiary/aromatic N) is 5. The van der Waals surface area contributed by atoms with E-state index in [0.29, 0.717) is 18.8 Å². The molecule has 8 heteroatoms. The molecule has 0 radical (unpaired) electrons. The predicted octanol–water partition coefficient (Wildman–Crippen LogP) is 0.940. The molecule has 0 aliphatic carbocycles. The smallest absolute Gasteiger partial charge is 0.323 e. The zero-order valence-corrected chi connectivity index (χ0v) is 13.0. The number of urea groups is 1. The zero-order chi connectivity index (χ0) is 15.6. The van der Waals surface area contributed by atoms with E-state index in [1.165, 1.54) is 4.90 Å². The van der Waals surface area contributed by atoms with Gasteiger partial charge in [-0.25, -0.2) is 9.48 Å². The third kappa shape index (κ3) is 2.50. The number of hydrogen-bond acceptors (Lipinski definition) is 5. The summed E-state index contributed by atoms with van der Waals surface area (Å²) in [6, 6.07) is -0.374. The molecule has 8 nitrogen and oxygen atoms in total. The first-order chi connectivity index (χ1) is 9.96. The fourth-order valence-electron chi connectivity index (χ4n) is 2.69. The maximum absolute atomic E-state index is 12.7. The van der Waals surface area contributed by atoms with E-state index in [4.69, 9.17) is 0 Å². The van der Waals surface area contributed by atoms with Gasteiger partial charge < -0.3 is 5.32 Å². The lowest BCUT2D eigenvalue weighted by Gasteiger charge is -2.29. The number of imide groups is 1. The molecule has 3 amide bonds. The van der Waals surface area contributed by atoms with Crippen LogP contribution < -0.4 is 5.32 Å². The molecule has 0 saturated carbocycles. The van der Waals surface area contributed by atoms with Crippen LogP contribution in [0.15, 0.2) is 0 Å². The number of amides is 3. The molecule has 0 spiro atoms. The van der Waals surface area contributed by atoms with Crippen LogP contribution in [-0.4, -0.2) is 42.6 Å². The number of tetrazole rings is 1. The summed E-state index contributed by atoms with van der Waals surface area (Å²) in [6.45, 7) is 8.56. The molecular formula is C13H22N6O2. The highest BCUT2D eigenvalue weighted by molar-refractivity contribution is 6.07. The highest BCUT2D eigenvalue weighted by Crippen LogP contribution is 2.29. The molecule has 1 fully saturated rings. The summed E-state index contributed by atoms with van der Waals surface area (Å²) in [7, 11) is 0. The van der Waals surface area contributed by atoms with E-state index < -0.39 is 5.54 Å². The molecule has 1 unspecified atom stereocenters. The normalized spacial score (nSPS) is 22.2. The van der Waals surface area contributed by atoms with Gasteiger partial charge in [0.25, 0.3) is 5.91 Å². The molecule has 2 heterocycles. The lowest BCUT2D eigenvalue weighted by Crippen LogP contribution is -2.50. The number of aromatic nitrogens is 4. The van der Waals surface area contributed by atoms with E-state index in [-0.39, 0.29) is 24.4 Å². The van der Waals surface area contributed by atoms with Crippen molar-refractivity contribution in [2.24, 2.45) is 5.92 Å². The Bertz CT molecular complexity index is 541. The lowest BCUT2D eigenvalue weighted by molar-refractivity contribution is -0.133. The second kappa shape index (κ2) is 5.79. The van der Waals surface area contributed by atoms with Crippen molar-refractivity contribution >= 4 is 11.9 Å². The van der Waals surface area contributed by atoms with Crippen LogP contribution in [0.1, 0.15) is 46.4 Å². The summed E-state index contributed by atoms with van der Waals surface area (Å²) in [4.78, 5) is 26.1. The van der Waals surface area contributed by atoms with E-state index in [1.54, 1.807) is 4.68 Å². The molecule has 116 valence electrons. The Morgan fingerprint density at radius 2 is 2.00 bits per heavy atom.